The summed E-state index contributed by atoms with van der Waals surface area (Å²) in [4.78, 5) is 14.8. The van der Waals surface area contributed by atoms with Gasteiger partial charge in [-0.05, 0) is 44.1 Å². The third-order valence-corrected chi connectivity index (χ3v) is 5.09. The van der Waals surface area contributed by atoms with Gasteiger partial charge in [0.25, 0.3) is 0 Å². The number of nitrogens with one attached hydrogen (secondary N) is 1. The zero-order valence-electron chi connectivity index (χ0n) is 13.1. The third kappa shape index (κ3) is 3.88. The lowest BCUT2D eigenvalue weighted by Gasteiger charge is -2.32. The van der Waals surface area contributed by atoms with Gasteiger partial charge in [0.05, 0.1) is 19.2 Å². The molecule has 1 saturated heterocycles. The molecule has 23 heavy (non-hydrogen) atoms. The van der Waals surface area contributed by atoms with Gasteiger partial charge >= 0.3 is 0 Å². The summed E-state index contributed by atoms with van der Waals surface area (Å²) >= 11 is 3.49. The molecule has 1 unspecified atom stereocenters. The van der Waals surface area contributed by atoms with E-state index < -0.39 is 0 Å². The molecule has 0 aliphatic carbocycles. The Hall–Kier alpha value is -1.51. The van der Waals surface area contributed by atoms with Gasteiger partial charge in [-0.2, -0.15) is 0 Å². The van der Waals surface area contributed by atoms with Crippen LogP contribution in [0.1, 0.15) is 30.9 Å². The molecule has 122 valence electrons. The SMILES string of the molecule is C#CCN1CCC(C(=O)NC2CCOc3ccc(Br)cc32)CC1. The van der Waals surface area contributed by atoms with Crippen molar-refractivity contribution in [1.82, 2.24) is 10.2 Å². The Morgan fingerprint density at radius 3 is 2.91 bits per heavy atom. The van der Waals surface area contributed by atoms with Crippen LogP contribution in [0.2, 0.25) is 0 Å². The van der Waals surface area contributed by atoms with E-state index in [0.29, 0.717) is 13.2 Å². The Morgan fingerprint density at radius 2 is 2.17 bits per heavy atom. The molecule has 0 saturated carbocycles. The number of benzene rings is 1. The van der Waals surface area contributed by atoms with Crippen molar-refractivity contribution in [3.8, 4) is 18.1 Å². The van der Waals surface area contributed by atoms with E-state index in [-0.39, 0.29) is 17.9 Å². The van der Waals surface area contributed by atoms with Crippen molar-refractivity contribution < 1.29 is 9.53 Å². The summed E-state index contributed by atoms with van der Waals surface area (Å²) in [5, 5.41) is 3.22. The molecule has 4 nitrogen and oxygen atoms in total. The fourth-order valence-corrected chi connectivity index (χ4v) is 3.67. The molecular weight excluding hydrogens is 356 g/mol. The van der Waals surface area contributed by atoms with Crippen LogP contribution in [-0.2, 0) is 4.79 Å². The Morgan fingerprint density at radius 1 is 1.39 bits per heavy atom. The van der Waals surface area contributed by atoms with Crippen LogP contribution >= 0.6 is 15.9 Å². The highest BCUT2D eigenvalue weighted by Gasteiger charge is 2.29. The fraction of sp³-hybridized carbons (Fsp3) is 0.500. The minimum Gasteiger partial charge on any atom is -0.493 e. The van der Waals surface area contributed by atoms with Gasteiger partial charge in [-0.1, -0.05) is 21.9 Å². The number of terminal acetylenes is 1. The molecule has 1 aromatic rings. The number of likely N-dealkylation sites (tertiary alicyclic amines) is 1. The van der Waals surface area contributed by atoms with Crippen LogP contribution in [0.5, 0.6) is 5.75 Å². The van der Waals surface area contributed by atoms with E-state index in [1.165, 1.54) is 0 Å². The van der Waals surface area contributed by atoms with Crippen molar-refractivity contribution in [2.24, 2.45) is 5.92 Å². The molecule has 0 spiro atoms. The molecule has 2 heterocycles. The highest BCUT2D eigenvalue weighted by Crippen LogP contribution is 2.34. The topological polar surface area (TPSA) is 41.6 Å². The summed E-state index contributed by atoms with van der Waals surface area (Å²) in [6, 6.07) is 5.99. The maximum absolute atomic E-state index is 12.6. The summed E-state index contributed by atoms with van der Waals surface area (Å²) in [6.07, 6.45) is 7.91. The van der Waals surface area contributed by atoms with Gasteiger partial charge in [-0.25, -0.2) is 0 Å². The van der Waals surface area contributed by atoms with Crippen molar-refractivity contribution in [3.63, 3.8) is 0 Å². The van der Waals surface area contributed by atoms with Crippen LogP contribution < -0.4 is 10.1 Å². The van der Waals surface area contributed by atoms with Gasteiger partial charge < -0.3 is 10.1 Å². The lowest BCUT2D eigenvalue weighted by molar-refractivity contribution is -0.127. The average molecular weight is 377 g/mol. The van der Waals surface area contributed by atoms with E-state index in [0.717, 1.165) is 48.1 Å². The number of halogens is 1. The maximum atomic E-state index is 12.6. The Balaban J connectivity index is 1.61. The first-order valence-corrected chi connectivity index (χ1v) is 8.85. The summed E-state index contributed by atoms with van der Waals surface area (Å²) < 4.78 is 6.68. The molecular formula is C18H21BrN2O2. The second-order valence-electron chi connectivity index (χ2n) is 6.14. The molecule has 0 bridgehead atoms. The molecule has 1 fully saturated rings. The Kier molecular flexibility index (Phi) is 5.24. The highest BCUT2D eigenvalue weighted by atomic mass is 79.9. The number of piperidine rings is 1. The standard InChI is InChI=1S/C18H21BrN2O2/c1-2-8-21-9-5-13(6-10-21)18(22)20-16-7-11-23-17-4-3-14(19)12-15(16)17/h1,3-4,12-13,16H,5-11H2,(H,20,22). The molecule has 1 atom stereocenters. The quantitative estimate of drug-likeness (QED) is 0.824. The maximum Gasteiger partial charge on any atom is 0.223 e. The summed E-state index contributed by atoms with van der Waals surface area (Å²) in [5.41, 5.74) is 1.06. The molecule has 5 heteroatoms. The highest BCUT2D eigenvalue weighted by molar-refractivity contribution is 9.10. The van der Waals surface area contributed by atoms with E-state index in [2.05, 4.69) is 32.1 Å². The second kappa shape index (κ2) is 7.37. The van der Waals surface area contributed by atoms with Crippen LogP contribution in [0.25, 0.3) is 0 Å². The molecule has 1 aromatic carbocycles. The largest absolute Gasteiger partial charge is 0.493 e. The Bertz CT molecular complexity index is 618. The molecule has 0 aromatic heterocycles. The fourth-order valence-electron chi connectivity index (χ4n) is 3.29. The van der Waals surface area contributed by atoms with Crippen molar-refractivity contribution in [3.05, 3.63) is 28.2 Å². The minimum absolute atomic E-state index is 0.0347. The lowest BCUT2D eigenvalue weighted by Crippen LogP contribution is -2.42. The lowest BCUT2D eigenvalue weighted by atomic mass is 9.94. The number of ether oxygens (including phenoxy) is 1. The predicted molar refractivity (Wildman–Crippen MR) is 93.1 cm³/mol. The smallest absolute Gasteiger partial charge is 0.223 e. The van der Waals surface area contributed by atoms with Crippen molar-refractivity contribution in [1.29, 1.82) is 0 Å². The number of carbonyl (C=O) groups excluding carboxylic acids is 1. The van der Waals surface area contributed by atoms with E-state index in [4.69, 9.17) is 11.2 Å². The van der Waals surface area contributed by atoms with Gasteiger partial charge in [0.15, 0.2) is 0 Å². The summed E-state index contributed by atoms with van der Waals surface area (Å²) in [5.74, 6) is 3.78. The molecule has 2 aliphatic rings. The van der Waals surface area contributed by atoms with Gasteiger partial charge in [0, 0.05) is 22.4 Å². The van der Waals surface area contributed by atoms with Crippen LogP contribution in [0.4, 0.5) is 0 Å². The van der Waals surface area contributed by atoms with Gasteiger partial charge in [-0.3, -0.25) is 9.69 Å². The number of nitrogens with zero attached hydrogens (tertiary/aromatic N) is 1. The van der Waals surface area contributed by atoms with E-state index in [1.807, 2.05) is 18.2 Å². The number of rotatable bonds is 3. The van der Waals surface area contributed by atoms with Crippen LogP contribution in [0.15, 0.2) is 22.7 Å². The van der Waals surface area contributed by atoms with Crippen molar-refractivity contribution in [2.45, 2.75) is 25.3 Å². The van der Waals surface area contributed by atoms with Crippen LogP contribution in [0, 0.1) is 18.3 Å². The van der Waals surface area contributed by atoms with Crippen LogP contribution in [0.3, 0.4) is 0 Å². The van der Waals surface area contributed by atoms with E-state index in [9.17, 15) is 4.79 Å². The van der Waals surface area contributed by atoms with Gasteiger partial charge in [0.2, 0.25) is 5.91 Å². The number of carbonyl (C=O) groups is 1. The molecule has 2 aliphatic heterocycles. The zero-order valence-corrected chi connectivity index (χ0v) is 14.6. The predicted octanol–water partition coefficient (Wildman–Crippen LogP) is 2.73. The van der Waals surface area contributed by atoms with Crippen molar-refractivity contribution >= 4 is 21.8 Å². The monoisotopic (exact) mass is 376 g/mol. The first-order chi connectivity index (χ1) is 11.2. The van der Waals surface area contributed by atoms with Gasteiger partial charge in [0.1, 0.15) is 5.75 Å². The number of hydrogen-bond donors (Lipinski definition) is 1. The number of hydrogen-bond acceptors (Lipinski definition) is 3. The Labute approximate surface area is 145 Å². The van der Waals surface area contributed by atoms with Crippen LogP contribution in [-0.4, -0.2) is 37.0 Å². The minimum atomic E-state index is 0.0347. The first kappa shape index (κ1) is 16.4. The molecule has 3 rings (SSSR count). The summed E-state index contributed by atoms with van der Waals surface area (Å²) in [6.45, 7) is 3.12. The van der Waals surface area contributed by atoms with E-state index in [1.54, 1.807) is 0 Å². The zero-order chi connectivity index (χ0) is 16.2. The summed E-state index contributed by atoms with van der Waals surface area (Å²) in [7, 11) is 0. The van der Waals surface area contributed by atoms with Crippen molar-refractivity contribution in [2.75, 3.05) is 26.2 Å². The molecule has 1 N–H and O–H groups in total. The molecule has 1 amide bonds. The second-order valence-corrected chi connectivity index (χ2v) is 7.05. The average Bonchev–Trinajstić information content (AvgIpc) is 2.56. The number of amides is 1. The van der Waals surface area contributed by atoms with Gasteiger partial charge in [-0.15, -0.1) is 6.42 Å². The third-order valence-electron chi connectivity index (χ3n) is 4.60. The van der Waals surface area contributed by atoms with E-state index >= 15 is 0 Å². The molecule has 0 radical (unpaired) electrons. The normalized spacial score (nSPS) is 21.8. The first-order valence-electron chi connectivity index (χ1n) is 8.06. The number of fused-ring (bicyclic) bond motifs is 1.